The topological polar surface area (TPSA) is 49.9 Å². The van der Waals surface area contributed by atoms with Crippen LogP contribution in [0.25, 0.3) is 0 Å². The molecule has 0 saturated carbocycles. The molecule has 2 heteroatoms. The maximum Gasteiger partial charge on any atom is 0.123 e. The molecule has 80 valence electrons. The number of nitrogens with two attached hydrogens (primary N) is 1. The first-order valence-electron chi connectivity index (χ1n) is 5.23. The van der Waals surface area contributed by atoms with Crippen LogP contribution in [0, 0.1) is 5.41 Å². The molecule has 0 fully saturated rings. The summed E-state index contributed by atoms with van der Waals surface area (Å²) < 4.78 is 0. The highest BCUT2D eigenvalue weighted by Gasteiger charge is 2.04. The zero-order chi connectivity index (χ0) is 11.4. The second-order valence-corrected chi connectivity index (χ2v) is 3.73. The van der Waals surface area contributed by atoms with Crippen molar-refractivity contribution in [1.29, 1.82) is 5.41 Å². The normalized spacial score (nSPS) is 10.0. The molecule has 0 aliphatic carbocycles. The number of nitrogens with one attached hydrogen (secondary N) is 1. The Hall–Kier alpha value is -2.09. The lowest BCUT2D eigenvalue weighted by molar-refractivity contribution is 1.18. The van der Waals surface area contributed by atoms with Crippen LogP contribution in [0.4, 0.5) is 0 Å². The van der Waals surface area contributed by atoms with E-state index in [4.69, 9.17) is 11.1 Å². The Morgan fingerprint density at radius 3 is 2.25 bits per heavy atom. The molecule has 2 aromatic carbocycles. The van der Waals surface area contributed by atoms with E-state index in [-0.39, 0.29) is 5.84 Å². The molecular formula is C14H14N2. The Balaban J connectivity index is 2.31. The molecule has 0 bridgehead atoms. The van der Waals surface area contributed by atoms with Crippen LogP contribution in [-0.2, 0) is 6.42 Å². The lowest BCUT2D eigenvalue weighted by atomic mass is 9.99. The third-order valence-electron chi connectivity index (χ3n) is 2.54. The van der Waals surface area contributed by atoms with Crippen LogP contribution in [0.5, 0.6) is 0 Å². The highest BCUT2D eigenvalue weighted by Crippen LogP contribution is 2.13. The summed E-state index contributed by atoms with van der Waals surface area (Å²) in [5.41, 5.74) is 8.71. The summed E-state index contributed by atoms with van der Waals surface area (Å²) in [5.74, 6) is 0.131. The van der Waals surface area contributed by atoms with Crippen LogP contribution < -0.4 is 5.73 Å². The molecule has 0 aromatic heterocycles. The van der Waals surface area contributed by atoms with Crippen LogP contribution in [0.15, 0.2) is 54.6 Å². The Labute approximate surface area is 95.2 Å². The van der Waals surface area contributed by atoms with Gasteiger partial charge in [0.25, 0.3) is 0 Å². The summed E-state index contributed by atoms with van der Waals surface area (Å²) in [4.78, 5) is 0. The summed E-state index contributed by atoms with van der Waals surface area (Å²) >= 11 is 0. The van der Waals surface area contributed by atoms with Gasteiger partial charge in [0.05, 0.1) is 0 Å². The lowest BCUT2D eigenvalue weighted by Gasteiger charge is -2.07. The van der Waals surface area contributed by atoms with Gasteiger partial charge in [-0.2, -0.15) is 0 Å². The summed E-state index contributed by atoms with van der Waals surface area (Å²) in [6, 6.07) is 18.0. The van der Waals surface area contributed by atoms with Crippen LogP contribution in [0.3, 0.4) is 0 Å². The van der Waals surface area contributed by atoms with Gasteiger partial charge in [0, 0.05) is 5.56 Å². The standard InChI is InChI=1S/C14H14N2/c15-14(16)13-9-5-4-8-12(13)10-11-6-2-1-3-7-11/h1-9H,10H2,(H3,15,16). The van der Waals surface area contributed by atoms with Crippen molar-refractivity contribution < 1.29 is 0 Å². The molecule has 2 rings (SSSR count). The van der Waals surface area contributed by atoms with E-state index in [1.54, 1.807) is 0 Å². The maximum absolute atomic E-state index is 7.52. The van der Waals surface area contributed by atoms with Crippen LogP contribution in [0.2, 0.25) is 0 Å². The lowest BCUT2D eigenvalue weighted by Crippen LogP contribution is -2.13. The second kappa shape index (κ2) is 4.62. The highest BCUT2D eigenvalue weighted by atomic mass is 14.7. The van der Waals surface area contributed by atoms with Gasteiger partial charge in [-0.25, -0.2) is 0 Å². The average molecular weight is 210 g/mol. The highest BCUT2D eigenvalue weighted by molar-refractivity contribution is 5.96. The van der Waals surface area contributed by atoms with Gasteiger partial charge in [-0.1, -0.05) is 54.6 Å². The molecular weight excluding hydrogens is 196 g/mol. The van der Waals surface area contributed by atoms with Gasteiger partial charge in [-0.15, -0.1) is 0 Å². The molecule has 0 unspecified atom stereocenters. The van der Waals surface area contributed by atoms with E-state index < -0.39 is 0 Å². The van der Waals surface area contributed by atoms with Gasteiger partial charge in [-0.3, -0.25) is 5.41 Å². The molecule has 0 aliphatic rings. The largest absolute Gasteiger partial charge is 0.384 e. The molecule has 0 atom stereocenters. The molecule has 2 nitrogen and oxygen atoms in total. The van der Waals surface area contributed by atoms with Crippen molar-refractivity contribution in [2.75, 3.05) is 0 Å². The monoisotopic (exact) mass is 210 g/mol. The van der Waals surface area contributed by atoms with Gasteiger partial charge in [0.1, 0.15) is 5.84 Å². The van der Waals surface area contributed by atoms with Crippen LogP contribution >= 0.6 is 0 Å². The molecule has 0 amide bonds. The molecule has 0 aliphatic heterocycles. The van der Waals surface area contributed by atoms with Crippen molar-refractivity contribution in [2.45, 2.75) is 6.42 Å². The fourth-order valence-corrected chi connectivity index (χ4v) is 1.75. The number of nitrogen functional groups attached to an aromatic ring is 1. The fraction of sp³-hybridized carbons (Fsp3) is 0.0714. The van der Waals surface area contributed by atoms with Gasteiger partial charge in [0.2, 0.25) is 0 Å². The van der Waals surface area contributed by atoms with E-state index in [9.17, 15) is 0 Å². The Morgan fingerprint density at radius 2 is 1.56 bits per heavy atom. The number of benzene rings is 2. The van der Waals surface area contributed by atoms with Gasteiger partial charge in [0.15, 0.2) is 0 Å². The van der Waals surface area contributed by atoms with E-state index in [0.29, 0.717) is 0 Å². The number of amidine groups is 1. The third kappa shape index (κ3) is 2.28. The number of rotatable bonds is 3. The van der Waals surface area contributed by atoms with E-state index in [2.05, 4.69) is 12.1 Å². The van der Waals surface area contributed by atoms with E-state index >= 15 is 0 Å². The first-order chi connectivity index (χ1) is 7.77. The van der Waals surface area contributed by atoms with Crippen molar-refractivity contribution in [3.05, 3.63) is 71.3 Å². The molecule has 3 N–H and O–H groups in total. The third-order valence-corrected chi connectivity index (χ3v) is 2.54. The Bertz CT molecular complexity index is 489. The zero-order valence-electron chi connectivity index (χ0n) is 8.98. The zero-order valence-corrected chi connectivity index (χ0v) is 8.98. The number of hydrogen-bond donors (Lipinski definition) is 2. The number of hydrogen-bond acceptors (Lipinski definition) is 1. The molecule has 16 heavy (non-hydrogen) atoms. The minimum Gasteiger partial charge on any atom is -0.384 e. The van der Waals surface area contributed by atoms with Crippen LogP contribution in [0.1, 0.15) is 16.7 Å². The average Bonchev–Trinajstić information content (AvgIpc) is 2.31. The molecule has 0 heterocycles. The van der Waals surface area contributed by atoms with Gasteiger partial charge < -0.3 is 5.73 Å². The minimum absolute atomic E-state index is 0.131. The van der Waals surface area contributed by atoms with Gasteiger partial charge >= 0.3 is 0 Å². The fourth-order valence-electron chi connectivity index (χ4n) is 1.75. The Morgan fingerprint density at radius 1 is 0.938 bits per heavy atom. The molecule has 0 saturated heterocycles. The Kier molecular flexibility index (Phi) is 3.01. The van der Waals surface area contributed by atoms with E-state index in [1.165, 1.54) is 5.56 Å². The van der Waals surface area contributed by atoms with Gasteiger partial charge in [-0.05, 0) is 17.5 Å². The minimum atomic E-state index is 0.131. The van der Waals surface area contributed by atoms with Crippen molar-refractivity contribution in [2.24, 2.45) is 5.73 Å². The van der Waals surface area contributed by atoms with Crippen molar-refractivity contribution in [1.82, 2.24) is 0 Å². The predicted octanol–water partition coefficient (Wildman–Crippen LogP) is 2.56. The second-order valence-electron chi connectivity index (χ2n) is 3.73. The van der Waals surface area contributed by atoms with Crippen LogP contribution in [-0.4, -0.2) is 5.84 Å². The first-order valence-corrected chi connectivity index (χ1v) is 5.23. The smallest absolute Gasteiger partial charge is 0.123 e. The van der Waals surface area contributed by atoms with Crippen molar-refractivity contribution in [3.63, 3.8) is 0 Å². The van der Waals surface area contributed by atoms with Crippen molar-refractivity contribution >= 4 is 5.84 Å². The van der Waals surface area contributed by atoms with E-state index in [0.717, 1.165) is 17.5 Å². The summed E-state index contributed by atoms with van der Waals surface area (Å²) in [6.45, 7) is 0. The predicted molar refractivity (Wildman–Crippen MR) is 66.7 cm³/mol. The summed E-state index contributed by atoms with van der Waals surface area (Å²) in [7, 11) is 0. The maximum atomic E-state index is 7.52. The SMILES string of the molecule is N=C(N)c1ccccc1Cc1ccccc1. The first kappa shape index (κ1) is 10.4. The molecule has 0 radical (unpaired) electrons. The molecule has 0 spiro atoms. The summed E-state index contributed by atoms with van der Waals surface area (Å²) in [6.07, 6.45) is 0.816. The summed E-state index contributed by atoms with van der Waals surface area (Å²) in [5, 5.41) is 7.52. The molecule has 2 aromatic rings. The van der Waals surface area contributed by atoms with E-state index in [1.807, 2.05) is 42.5 Å². The quantitative estimate of drug-likeness (QED) is 0.593. The van der Waals surface area contributed by atoms with Crippen molar-refractivity contribution in [3.8, 4) is 0 Å².